The molecule has 0 aromatic heterocycles. The van der Waals surface area contributed by atoms with Crippen molar-refractivity contribution in [3.63, 3.8) is 0 Å². The van der Waals surface area contributed by atoms with Crippen LogP contribution in [0.3, 0.4) is 0 Å². The summed E-state index contributed by atoms with van der Waals surface area (Å²) >= 11 is 0. The van der Waals surface area contributed by atoms with Crippen molar-refractivity contribution < 1.29 is 23.9 Å². The molecule has 0 spiro atoms. The van der Waals surface area contributed by atoms with Gasteiger partial charge in [-0.1, -0.05) is 19.1 Å². The van der Waals surface area contributed by atoms with Crippen LogP contribution in [0.1, 0.15) is 70.4 Å². The molecule has 2 N–H and O–H groups in total. The molecule has 1 atom stereocenters. The van der Waals surface area contributed by atoms with Crippen LogP contribution >= 0.6 is 0 Å². The number of carbonyl (C=O) groups excluding carboxylic acids is 3. The number of amides is 3. The van der Waals surface area contributed by atoms with Gasteiger partial charge in [-0.3, -0.25) is 9.69 Å². The standard InChI is InChI=1S/C29H39N3O5/c1-4-9-32-18(2)24(26(33)37-11-10-36-3)25(31-28(32)35)22-5-7-23(8-6-22)30-27(34)29-15-19-12-20(16-29)14-21(13-19)17-29/h5-8,19-21,25H,4,9-17H2,1-3H3,(H,30,34)(H,31,35). The molecular weight excluding hydrogens is 470 g/mol. The number of hydrogen-bond donors (Lipinski definition) is 2. The summed E-state index contributed by atoms with van der Waals surface area (Å²) in [6.45, 7) is 4.71. The molecule has 1 heterocycles. The molecule has 5 aliphatic rings. The summed E-state index contributed by atoms with van der Waals surface area (Å²) in [7, 11) is 1.55. The third-order valence-electron chi connectivity index (χ3n) is 8.81. The van der Waals surface area contributed by atoms with Crippen molar-refractivity contribution in [1.29, 1.82) is 0 Å². The smallest absolute Gasteiger partial charge is 0.338 e. The first-order valence-electron chi connectivity index (χ1n) is 13.7. The number of methoxy groups -OCH3 is 1. The van der Waals surface area contributed by atoms with Crippen LogP contribution in [0, 0.1) is 23.2 Å². The largest absolute Gasteiger partial charge is 0.460 e. The highest BCUT2D eigenvalue weighted by atomic mass is 16.6. The number of esters is 1. The Morgan fingerprint density at radius 1 is 1.05 bits per heavy atom. The third-order valence-corrected chi connectivity index (χ3v) is 8.81. The van der Waals surface area contributed by atoms with Crippen LogP contribution in [-0.2, 0) is 19.1 Å². The summed E-state index contributed by atoms with van der Waals surface area (Å²) in [6.07, 6.45) is 7.71. The fourth-order valence-corrected chi connectivity index (χ4v) is 7.50. The van der Waals surface area contributed by atoms with Gasteiger partial charge in [0.2, 0.25) is 5.91 Å². The van der Waals surface area contributed by atoms with Crippen molar-refractivity contribution in [1.82, 2.24) is 10.2 Å². The number of rotatable bonds is 9. The summed E-state index contributed by atoms with van der Waals surface area (Å²) in [5.74, 6) is 1.80. The molecule has 200 valence electrons. The lowest BCUT2D eigenvalue weighted by atomic mass is 9.49. The van der Waals surface area contributed by atoms with E-state index in [1.165, 1.54) is 19.3 Å². The van der Waals surface area contributed by atoms with Crippen molar-refractivity contribution in [2.45, 2.75) is 64.8 Å². The number of nitrogens with zero attached hydrogens (tertiary/aromatic N) is 1. The Bertz CT molecular complexity index is 1040. The van der Waals surface area contributed by atoms with E-state index in [4.69, 9.17) is 9.47 Å². The monoisotopic (exact) mass is 509 g/mol. The minimum atomic E-state index is -0.636. The number of nitrogens with one attached hydrogen (secondary N) is 2. The molecule has 4 aliphatic carbocycles. The number of urea groups is 1. The molecule has 4 bridgehead atoms. The van der Waals surface area contributed by atoms with E-state index in [1.807, 2.05) is 31.2 Å². The van der Waals surface area contributed by atoms with Gasteiger partial charge in [0.25, 0.3) is 0 Å². The first kappa shape index (κ1) is 25.8. The van der Waals surface area contributed by atoms with Crippen LogP contribution in [0.5, 0.6) is 0 Å². The number of benzene rings is 1. The van der Waals surface area contributed by atoms with Crippen LogP contribution < -0.4 is 10.6 Å². The molecule has 8 heteroatoms. The zero-order chi connectivity index (χ0) is 26.2. The SMILES string of the molecule is CCCN1C(=O)NC(c2ccc(NC(=O)C34CC5CC(CC(C5)C3)C4)cc2)C(C(=O)OCCOC)=C1C. The highest BCUT2D eigenvalue weighted by Gasteiger charge is 2.54. The van der Waals surface area contributed by atoms with Crippen LogP contribution in [0.15, 0.2) is 35.5 Å². The third kappa shape index (κ3) is 5.00. The van der Waals surface area contributed by atoms with Crippen LogP contribution in [-0.4, -0.2) is 49.7 Å². The normalized spacial score (nSPS) is 30.4. The van der Waals surface area contributed by atoms with Crippen LogP contribution in [0.4, 0.5) is 10.5 Å². The molecule has 1 aromatic carbocycles. The first-order chi connectivity index (χ1) is 17.8. The molecule has 1 unspecified atom stereocenters. The highest BCUT2D eigenvalue weighted by molar-refractivity contribution is 5.96. The Balaban J connectivity index is 1.34. The van der Waals surface area contributed by atoms with E-state index in [9.17, 15) is 14.4 Å². The van der Waals surface area contributed by atoms with E-state index in [1.54, 1.807) is 18.9 Å². The number of carbonyl (C=O) groups is 3. The molecule has 1 aliphatic heterocycles. The number of hydrogen-bond acceptors (Lipinski definition) is 5. The summed E-state index contributed by atoms with van der Waals surface area (Å²) in [5.41, 5.74) is 2.29. The lowest BCUT2D eigenvalue weighted by Gasteiger charge is -2.55. The van der Waals surface area contributed by atoms with Gasteiger partial charge in [0, 0.05) is 25.0 Å². The van der Waals surface area contributed by atoms with Gasteiger partial charge in [-0.15, -0.1) is 0 Å². The second kappa shape index (κ2) is 10.5. The maximum absolute atomic E-state index is 13.5. The Morgan fingerprint density at radius 3 is 2.24 bits per heavy atom. The summed E-state index contributed by atoms with van der Waals surface area (Å²) in [5, 5.41) is 6.17. The zero-order valence-corrected chi connectivity index (χ0v) is 22.2. The maximum atomic E-state index is 13.5. The topological polar surface area (TPSA) is 97.0 Å². The predicted octanol–water partition coefficient (Wildman–Crippen LogP) is 4.78. The fourth-order valence-electron chi connectivity index (χ4n) is 7.50. The molecule has 3 amide bonds. The molecule has 6 rings (SSSR count). The van der Waals surface area contributed by atoms with Gasteiger partial charge in [-0.05, 0) is 87.3 Å². The minimum absolute atomic E-state index is 0.135. The maximum Gasteiger partial charge on any atom is 0.338 e. The van der Waals surface area contributed by atoms with E-state index in [2.05, 4.69) is 10.6 Å². The Kier molecular flexibility index (Phi) is 7.30. The van der Waals surface area contributed by atoms with Crippen LogP contribution in [0.25, 0.3) is 0 Å². The van der Waals surface area contributed by atoms with Gasteiger partial charge in [-0.2, -0.15) is 0 Å². The fraction of sp³-hybridized carbons (Fsp3) is 0.621. The van der Waals surface area contributed by atoms with Gasteiger partial charge in [0.15, 0.2) is 0 Å². The van der Waals surface area contributed by atoms with Crippen molar-refractivity contribution in [2.75, 3.05) is 32.2 Å². The van der Waals surface area contributed by atoms with Gasteiger partial charge >= 0.3 is 12.0 Å². The van der Waals surface area contributed by atoms with Crippen LogP contribution in [0.2, 0.25) is 0 Å². The molecular formula is C29H39N3O5. The molecule has 1 aromatic rings. The lowest BCUT2D eigenvalue weighted by molar-refractivity contribution is -0.141. The van der Waals surface area contributed by atoms with E-state index in [-0.39, 0.29) is 24.0 Å². The van der Waals surface area contributed by atoms with Crippen molar-refractivity contribution in [2.24, 2.45) is 23.2 Å². The van der Waals surface area contributed by atoms with Gasteiger partial charge in [0.1, 0.15) is 6.61 Å². The number of allylic oxidation sites excluding steroid dienone is 1. The molecule has 0 saturated heterocycles. The summed E-state index contributed by atoms with van der Waals surface area (Å²) in [4.78, 5) is 41.0. The van der Waals surface area contributed by atoms with Gasteiger partial charge < -0.3 is 20.1 Å². The van der Waals surface area contributed by atoms with E-state index in [0.29, 0.717) is 42.2 Å². The molecule has 4 fully saturated rings. The Morgan fingerprint density at radius 2 is 1.68 bits per heavy atom. The summed E-state index contributed by atoms with van der Waals surface area (Å²) in [6, 6.07) is 6.58. The van der Waals surface area contributed by atoms with Crippen molar-refractivity contribution >= 4 is 23.6 Å². The van der Waals surface area contributed by atoms with E-state index in [0.717, 1.165) is 36.9 Å². The number of anilines is 1. The second-order valence-corrected chi connectivity index (χ2v) is 11.4. The Labute approximate surface area is 219 Å². The van der Waals surface area contributed by atoms with Crippen molar-refractivity contribution in [3.8, 4) is 0 Å². The van der Waals surface area contributed by atoms with Gasteiger partial charge in [-0.25, -0.2) is 9.59 Å². The lowest BCUT2D eigenvalue weighted by Crippen LogP contribution is -2.51. The van der Waals surface area contributed by atoms with Gasteiger partial charge in [0.05, 0.1) is 23.6 Å². The average molecular weight is 510 g/mol. The Hall–Kier alpha value is -2.87. The van der Waals surface area contributed by atoms with Crippen molar-refractivity contribution in [3.05, 3.63) is 41.1 Å². The zero-order valence-electron chi connectivity index (χ0n) is 22.2. The minimum Gasteiger partial charge on any atom is -0.460 e. The average Bonchev–Trinajstić information content (AvgIpc) is 2.86. The first-order valence-corrected chi connectivity index (χ1v) is 13.7. The van der Waals surface area contributed by atoms with E-state index < -0.39 is 12.0 Å². The molecule has 37 heavy (non-hydrogen) atoms. The molecule has 0 radical (unpaired) electrons. The predicted molar refractivity (Wildman–Crippen MR) is 139 cm³/mol. The molecule has 8 nitrogen and oxygen atoms in total. The molecule has 4 saturated carbocycles. The highest BCUT2D eigenvalue weighted by Crippen LogP contribution is 2.60. The number of ether oxygens (including phenoxy) is 2. The van der Waals surface area contributed by atoms with E-state index >= 15 is 0 Å². The quantitative estimate of drug-likeness (QED) is 0.369. The second-order valence-electron chi connectivity index (χ2n) is 11.4. The summed E-state index contributed by atoms with van der Waals surface area (Å²) < 4.78 is 10.5.